The van der Waals surface area contributed by atoms with E-state index in [2.05, 4.69) is 27.7 Å². The Morgan fingerprint density at radius 3 is 3.00 bits per heavy atom. The zero-order valence-corrected chi connectivity index (χ0v) is 8.69. The summed E-state index contributed by atoms with van der Waals surface area (Å²) < 4.78 is 2.88. The molecule has 1 atom stereocenters. The van der Waals surface area contributed by atoms with Crippen molar-refractivity contribution in [1.29, 1.82) is 0 Å². The van der Waals surface area contributed by atoms with Crippen LogP contribution in [0.25, 0.3) is 0 Å². The fraction of sp³-hybridized carbons (Fsp3) is 0.500. The highest BCUT2D eigenvalue weighted by molar-refractivity contribution is 14.1. The first-order valence-corrected chi connectivity index (χ1v) is 5.07. The van der Waals surface area contributed by atoms with Crippen molar-refractivity contribution in [2.24, 2.45) is 0 Å². The molecule has 1 aliphatic carbocycles. The molecule has 0 aliphatic heterocycles. The van der Waals surface area contributed by atoms with E-state index >= 15 is 0 Å². The summed E-state index contributed by atoms with van der Waals surface area (Å²) >= 11 is 2.20. The molecular formula is C8H9IN2O. The van der Waals surface area contributed by atoms with E-state index < -0.39 is 0 Å². The molecule has 0 amide bonds. The molecule has 4 heteroatoms. The van der Waals surface area contributed by atoms with E-state index in [0.717, 1.165) is 22.8 Å². The van der Waals surface area contributed by atoms with E-state index in [1.54, 1.807) is 10.9 Å². The fourth-order valence-electron chi connectivity index (χ4n) is 1.56. The Bertz CT molecular complexity index is 308. The largest absolute Gasteiger partial charge is 0.297 e. The van der Waals surface area contributed by atoms with Crippen LogP contribution in [0.3, 0.4) is 0 Å². The van der Waals surface area contributed by atoms with Crippen molar-refractivity contribution >= 4 is 28.4 Å². The van der Waals surface area contributed by atoms with Crippen molar-refractivity contribution in [1.82, 2.24) is 9.78 Å². The summed E-state index contributed by atoms with van der Waals surface area (Å²) in [5, 5.41) is 4.14. The molecule has 1 unspecified atom stereocenters. The van der Waals surface area contributed by atoms with Crippen molar-refractivity contribution in [2.75, 3.05) is 0 Å². The Labute approximate surface area is 84.3 Å². The number of ketones is 1. The van der Waals surface area contributed by atoms with Gasteiger partial charge in [-0.05, 0) is 35.4 Å². The number of hydrogen-bond donors (Lipinski definition) is 0. The maximum atomic E-state index is 11.3. The van der Waals surface area contributed by atoms with E-state index in [4.69, 9.17) is 0 Å². The third kappa shape index (κ3) is 1.39. The van der Waals surface area contributed by atoms with Gasteiger partial charge in [-0.15, -0.1) is 0 Å². The number of carbonyl (C=O) groups excluding carboxylic acids is 1. The van der Waals surface area contributed by atoms with Gasteiger partial charge >= 0.3 is 0 Å². The highest BCUT2D eigenvalue weighted by Crippen LogP contribution is 2.25. The standard InChI is InChI=1S/C8H9IN2O/c9-6-4-10-11(5-6)7-2-1-3-8(7)12/h4-5,7H,1-3H2. The lowest BCUT2D eigenvalue weighted by atomic mass is 10.2. The third-order valence-electron chi connectivity index (χ3n) is 2.16. The maximum Gasteiger partial charge on any atom is 0.157 e. The molecule has 1 aromatic rings. The number of aromatic nitrogens is 2. The first-order chi connectivity index (χ1) is 5.77. The van der Waals surface area contributed by atoms with Crippen molar-refractivity contribution in [3.8, 4) is 0 Å². The Hall–Kier alpha value is -0.390. The van der Waals surface area contributed by atoms with Gasteiger partial charge in [0.25, 0.3) is 0 Å². The van der Waals surface area contributed by atoms with E-state index in [1.165, 1.54) is 0 Å². The van der Waals surface area contributed by atoms with Crippen LogP contribution in [0.15, 0.2) is 12.4 Å². The molecule has 1 aromatic heterocycles. The fourth-order valence-corrected chi connectivity index (χ4v) is 1.97. The molecule has 2 rings (SSSR count). The predicted molar refractivity (Wildman–Crippen MR) is 52.8 cm³/mol. The molecule has 0 aromatic carbocycles. The Kier molecular flexibility index (Phi) is 2.16. The van der Waals surface area contributed by atoms with Crippen molar-refractivity contribution < 1.29 is 4.79 Å². The quantitative estimate of drug-likeness (QED) is 0.733. The summed E-state index contributed by atoms with van der Waals surface area (Å²) in [6.45, 7) is 0. The highest BCUT2D eigenvalue weighted by Gasteiger charge is 2.26. The average Bonchev–Trinajstić information content (AvgIpc) is 2.58. The van der Waals surface area contributed by atoms with Crippen LogP contribution in [0, 0.1) is 3.57 Å². The second-order valence-corrected chi connectivity index (χ2v) is 4.26. The van der Waals surface area contributed by atoms with Crippen molar-refractivity contribution in [3.05, 3.63) is 16.0 Å². The minimum atomic E-state index is 0.0218. The van der Waals surface area contributed by atoms with Crippen molar-refractivity contribution in [3.63, 3.8) is 0 Å². The van der Waals surface area contributed by atoms with E-state index in [-0.39, 0.29) is 6.04 Å². The van der Waals surface area contributed by atoms with Gasteiger partial charge < -0.3 is 0 Å². The molecule has 12 heavy (non-hydrogen) atoms. The zero-order valence-electron chi connectivity index (χ0n) is 6.53. The molecule has 0 radical (unpaired) electrons. The SMILES string of the molecule is O=C1CCCC1n1cc(I)cn1. The van der Waals surface area contributed by atoms with Gasteiger partial charge in [-0.3, -0.25) is 9.48 Å². The van der Waals surface area contributed by atoms with Gasteiger partial charge in [0.15, 0.2) is 5.78 Å². The second kappa shape index (κ2) is 3.16. The van der Waals surface area contributed by atoms with Gasteiger partial charge in [-0.2, -0.15) is 5.10 Å². The number of carbonyl (C=O) groups is 1. The normalized spacial score (nSPS) is 23.4. The number of nitrogens with zero attached hydrogens (tertiary/aromatic N) is 2. The van der Waals surface area contributed by atoms with Gasteiger partial charge in [0.05, 0.1) is 9.77 Å². The summed E-state index contributed by atoms with van der Waals surface area (Å²) in [6.07, 6.45) is 6.40. The van der Waals surface area contributed by atoms with Crippen LogP contribution in [-0.4, -0.2) is 15.6 Å². The van der Waals surface area contributed by atoms with Crippen LogP contribution in [0.4, 0.5) is 0 Å². The van der Waals surface area contributed by atoms with Gasteiger partial charge in [-0.25, -0.2) is 0 Å². The molecule has 64 valence electrons. The zero-order chi connectivity index (χ0) is 8.55. The number of Topliss-reactive ketones (excluding diaryl/α,β-unsaturated/α-hetero) is 1. The van der Waals surface area contributed by atoms with Crippen molar-refractivity contribution in [2.45, 2.75) is 25.3 Å². The lowest BCUT2D eigenvalue weighted by Gasteiger charge is -2.06. The van der Waals surface area contributed by atoms with E-state index in [9.17, 15) is 4.79 Å². The van der Waals surface area contributed by atoms with Crippen LogP contribution in [-0.2, 0) is 4.79 Å². The topological polar surface area (TPSA) is 34.9 Å². The Morgan fingerprint density at radius 1 is 1.67 bits per heavy atom. The summed E-state index contributed by atoms with van der Waals surface area (Å²) in [4.78, 5) is 11.3. The highest BCUT2D eigenvalue weighted by atomic mass is 127. The first-order valence-electron chi connectivity index (χ1n) is 4.00. The molecule has 1 aliphatic rings. The van der Waals surface area contributed by atoms with E-state index in [0.29, 0.717) is 5.78 Å². The Balaban J connectivity index is 2.24. The molecule has 0 spiro atoms. The first kappa shape index (κ1) is 8.22. The van der Waals surface area contributed by atoms with Crippen LogP contribution in [0.2, 0.25) is 0 Å². The van der Waals surface area contributed by atoms with Crippen LogP contribution in [0.5, 0.6) is 0 Å². The second-order valence-electron chi connectivity index (χ2n) is 3.01. The smallest absolute Gasteiger partial charge is 0.157 e. The maximum absolute atomic E-state index is 11.3. The third-order valence-corrected chi connectivity index (χ3v) is 2.72. The summed E-state index contributed by atoms with van der Waals surface area (Å²) in [6, 6.07) is 0.0218. The van der Waals surface area contributed by atoms with Gasteiger partial charge in [0.2, 0.25) is 0 Å². The summed E-state index contributed by atoms with van der Waals surface area (Å²) in [5.74, 6) is 0.328. The summed E-state index contributed by atoms with van der Waals surface area (Å²) in [7, 11) is 0. The molecule has 0 bridgehead atoms. The lowest BCUT2D eigenvalue weighted by Crippen LogP contribution is -2.13. The van der Waals surface area contributed by atoms with E-state index in [1.807, 2.05) is 6.20 Å². The van der Waals surface area contributed by atoms with Crippen LogP contribution < -0.4 is 0 Å². The lowest BCUT2D eigenvalue weighted by molar-refractivity contribution is -0.120. The van der Waals surface area contributed by atoms with Gasteiger partial charge in [-0.1, -0.05) is 0 Å². The average molecular weight is 276 g/mol. The van der Waals surface area contributed by atoms with Gasteiger partial charge in [0, 0.05) is 12.6 Å². The number of hydrogen-bond acceptors (Lipinski definition) is 2. The number of rotatable bonds is 1. The summed E-state index contributed by atoms with van der Waals surface area (Å²) in [5.41, 5.74) is 0. The number of halogens is 1. The Morgan fingerprint density at radius 2 is 2.50 bits per heavy atom. The van der Waals surface area contributed by atoms with Gasteiger partial charge in [0.1, 0.15) is 6.04 Å². The molecule has 0 N–H and O–H groups in total. The predicted octanol–water partition coefficient (Wildman–Crippen LogP) is 1.78. The molecular weight excluding hydrogens is 267 g/mol. The monoisotopic (exact) mass is 276 g/mol. The van der Waals surface area contributed by atoms with Crippen LogP contribution in [0.1, 0.15) is 25.3 Å². The molecule has 1 fully saturated rings. The molecule has 1 saturated carbocycles. The minimum Gasteiger partial charge on any atom is -0.297 e. The van der Waals surface area contributed by atoms with Crippen LogP contribution >= 0.6 is 22.6 Å². The molecule has 0 saturated heterocycles. The molecule has 1 heterocycles. The minimum absolute atomic E-state index is 0.0218. The molecule has 3 nitrogen and oxygen atoms in total.